The number of benzene rings is 2. The minimum absolute atomic E-state index is 0.213. The normalized spacial score (nSPS) is 16.1. The summed E-state index contributed by atoms with van der Waals surface area (Å²) in [6, 6.07) is 14.4. The first kappa shape index (κ1) is 13.7. The van der Waals surface area contributed by atoms with Gasteiger partial charge in [0.2, 0.25) is 0 Å². The highest BCUT2D eigenvalue weighted by atomic mass is 16.5. The van der Waals surface area contributed by atoms with Crippen molar-refractivity contribution in [2.75, 3.05) is 6.61 Å². The maximum absolute atomic E-state index is 8.94. The van der Waals surface area contributed by atoms with E-state index in [4.69, 9.17) is 10.00 Å². The van der Waals surface area contributed by atoms with Gasteiger partial charge in [-0.15, -0.1) is 0 Å². The van der Waals surface area contributed by atoms with E-state index in [0.29, 0.717) is 12.2 Å². The molecule has 1 aliphatic heterocycles. The summed E-state index contributed by atoms with van der Waals surface area (Å²) in [6.07, 6.45) is 0. The van der Waals surface area contributed by atoms with E-state index in [1.54, 1.807) is 0 Å². The molecule has 3 rings (SSSR count). The quantitative estimate of drug-likeness (QED) is 0.936. The molecular weight excluding hydrogens is 260 g/mol. The van der Waals surface area contributed by atoms with E-state index < -0.39 is 0 Å². The number of fused-ring (bicyclic) bond motifs is 1. The van der Waals surface area contributed by atoms with Crippen LogP contribution in [0.1, 0.15) is 33.9 Å². The Balaban J connectivity index is 1.74. The lowest BCUT2D eigenvalue weighted by Crippen LogP contribution is -2.22. The topological polar surface area (TPSA) is 45.0 Å². The molecule has 0 fully saturated rings. The molecule has 3 nitrogen and oxygen atoms in total. The molecular formula is C18H18N2O. The Morgan fingerprint density at radius 3 is 2.95 bits per heavy atom. The summed E-state index contributed by atoms with van der Waals surface area (Å²) in [7, 11) is 0. The largest absolute Gasteiger partial charge is 0.491 e. The van der Waals surface area contributed by atoms with Crippen LogP contribution >= 0.6 is 0 Å². The minimum atomic E-state index is 0.213. The Bertz CT molecular complexity index is 716. The van der Waals surface area contributed by atoms with Gasteiger partial charge in [-0.05, 0) is 42.7 Å². The van der Waals surface area contributed by atoms with E-state index >= 15 is 0 Å². The van der Waals surface area contributed by atoms with Crippen molar-refractivity contribution in [2.24, 2.45) is 0 Å². The fourth-order valence-electron chi connectivity index (χ4n) is 2.69. The molecule has 0 spiro atoms. The number of aryl methyl sites for hydroxylation is 1. The average molecular weight is 278 g/mol. The van der Waals surface area contributed by atoms with Gasteiger partial charge in [-0.2, -0.15) is 5.26 Å². The summed E-state index contributed by atoms with van der Waals surface area (Å²) in [6.45, 7) is 5.60. The molecule has 1 N–H and O–H groups in total. The van der Waals surface area contributed by atoms with Crippen molar-refractivity contribution >= 4 is 0 Å². The lowest BCUT2D eigenvalue weighted by Gasteiger charge is -2.12. The van der Waals surface area contributed by atoms with Crippen LogP contribution in [0.2, 0.25) is 0 Å². The van der Waals surface area contributed by atoms with Gasteiger partial charge in [0, 0.05) is 12.1 Å². The molecule has 2 aromatic carbocycles. The van der Waals surface area contributed by atoms with Crippen molar-refractivity contribution in [1.82, 2.24) is 5.32 Å². The van der Waals surface area contributed by atoms with Crippen molar-refractivity contribution in [1.29, 1.82) is 5.26 Å². The van der Waals surface area contributed by atoms with Crippen LogP contribution in [-0.2, 0) is 6.54 Å². The highest BCUT2D eigenvalue weighted by molar-refractivity contribution is 5.49. The Kier molecular flexibility index (Phi) is 3.64. The molecule has 0 aromatic heterocycles. The van der Waals surface area contributed by atoms with Crippen molar-refractivity contribution in [2.45, 2.75) is 26.4 Å². The zero-order valence-corrected chi connectivity index (χ0v) is 12.3. The molecule has 0 saturated heterocycles. The average Bonchev–Trinajstić information content (AvgIpc) is 2.93. The van der Waals surface area contributed by atoms with Crippen LogP contribution in [0.5, 0.6) is 5.75 Å². The number of ether oxygens (including phenoxy) is 1. The number of hydrogen-bond donors (Lipinski definition) is 1. The molecule has 2 aromatic rings. The minimum Gasteiger partial charge on any atom is -0.491 e. The van der Waals surface area contributed by atoms with Gasteiger partial charge in [-0.1, -0.05) is 24.3 Å². The van der Waals surface area contributed by atoms with E-state index in [1.165, 1.54) is 16.7 Å². The Labute approximate surface area is 125 Å². The zero-order valence-electron chi connectivity index (χ0n) is 12.3. The first-order valence-corrected chi connectivity index (χ1v) is 7.14. The molecule has 0 amide bonds. The summed E-state index contributed by atoms with van der Waals surface area (Å²) in [5, 5.41) is 12.5. The van der Waals surface area contributed by atoms with Crippen molar-refractivity contribution in [3.63, 3.8) is 0 Å². The molecule has 21 heavy (non-hydrogen) atoms. The summed E-state index contributed by atoms with van der Waals surface area (Å²) >= 11 is 0. The second-order valence-corrected chi connectivity index (χ2v) is 5.48. The Morgan fingerprint density at radius 1 is 1.29 bits per heavy atom. The Hall–Kier alpha value is -2.31. The summed E-state index contributed by atoms with van der Waals surface area (Å²) in [5.41, 5.74) is 5.53. The van der Waals surface area contributed by atoms with Gasteiger partial charge in [-0.3, -0.25) is 0 Å². The molecule has 1 unspecified atom stereocenters. The molecule has 1 aliphatic rings. The van der Waals surface area contributed by atoms with Crippen LogP contribution in [0.25, 0.3) is 0 Å². The second-order valence-electron chi connectivity index (χ2n) is 5.48. The van der Waals surface area contributed by atoms with Crippen LogP contribution in [0.15, 0.2) is 36.4 Å². The Morgan fingerprint density at radius 2 is 2.14 bits per heavy atom. The number of hydrogen-bond acceptors (Lipinski definition) is 3. The van der Waals surface area contributed by atoms with Gasteiger partial charge in [0.1, 0.15) is 12.4 Å². The third kappa shape index (κ3) is 2.63. The van der Waals surface area contributed by atoms with E-state index in [2.05, 4.69) is 37.4 Å². The summed E-state index contributed by atoms with van der Waals surface area (Å²) in [5.74, 6) is 1.03. The van der Waals surface area contributed by atoms with Crippen molar-refractivity contribution < 1.29 is 4.74 Å². The van der Waals surface area contributed by atoms with Crippen molar-refractivity contribution in [3.8, 4) is 11.8 Å². The standard InChI is InChI=1S/C18H18N2O/c1-12-6-7-16-17(11-21-18(16)13(12)2)20-10-15-5-3-4-14(8-15)9-19/h3-8,17,20H,10-11H2,1-2H3. The van der Waals surface area contributed by atoms with Crippen LogP contribution in [-0.4, -0.2) is 6.61 Å². The maximum Gasteiger partial charge on any atom is 0.127 e. The molecule has 0 aliphatic carbocycles. The zero-order chi connectivity index (χ0) is 14.8. The maximum atomic E-state index is 8.94. The van der Waals surface area contributed by atoms with E-state index in [0.717, 1.165) is 17.9 Å². The van der Waals surface area contributed by atoms with Gasteiger partial charge >= 0.3 is 0 Å². The molecule has 1 heterocycles. The van der Waals surface area contributed by atoms with Crippen LogP contribution < -0.4 is 10.1 Å². The van der Waals surface area contributed by atoms with E-state index in [-0.39, 0.29) is 6.04 Å². The predicted molar refractivity (Wildman–Crippen MR) is 82.1 cm³/mol. The van der Waals surface area contributed by atoms with Gasteiger partial charge in [0.05, 0.1) is 17.7 Å². The van der Waals surface area contributed by atoms with E-state index in [9.17, 15) is 0 Å². The number of nitrogens with zero attached hydrogens (tertiary/aromatic N) is 1. The van der Waals surface area contributed by atoms with E-state index in [1.807, 2.05) is 24.3 Å². The fourth-order valence-corrected chi connectivity index (χ4v) is 2.69. The predicted octanol–water partition coefficient (Wildman–Crippen LogP) is 3.40. The SMILES string of the molecule is Cc1ccc2c(c1C)OCC2NCc1cccc(C#N)c1. The van der Waals surface area contributed by atoms with Crippen LogP contribution in [0, 0.1) is 25.2 Å². The molecule has 1 atom stereocenters. The van der Waals surface area contributed by atoms with Crippen LogP contribution in [0.4, 0.5) is 0 Å². The molecule has 0 radical (unpaired) electrons. The molecule has 0 bridgehead atoms. The summed E-state index contributed by atoms with van der Waals surface area (Å²) < 4.78 is 5.84. The lowest BCUT2D eigenvalue weighted by atomic mass is 10.0. The van der Waals surface area contributed by atoms with Gasteiger partial charge < -0.3 is 10.1 Å². The van der Waals surface area contributed by atoms with Gasteiger partial charge in [0.25, 0.3) is 0 Å². The third-order valence-corrected chi connectivity index (χ3v) is 4.09. The number of rotatable bonds is 3. The highest BCUT2D eigenvalue weighted by Crippen LogP contribution is 2.36. The summed E-state index contributed by atoms with van der Waals surface area (Å²) in [4.78, 5) is 0. The monoisotopic (exact) mass is 278 g/mol. The second kappa shape index (κ2) is 5.59. The number of nitrogens with one attached hydrogen (secondary N) is 1. The molecule has 3 heteroatoms. The highest BCUT2D eigenvalue weighted by Gasteiger charge is 2.25. The third-order valence-electron chi connectivity index (χ3n) is 4.09. The first-order valence-electron chi connectivity index (χ1n) is 7.14. The van der Waals surface area contributed by atoms with Crippen LogP contribution in [0.3, 0.4) is 0 Å². The van der Waals surface area contributed by atoms with Gasteiger partial charge in [-0.25, -0.2) is 0 Å². The fraction of sp³-hybridized carbons (Fsp3) is 0.278. The van der Waals surface area contributed by atoms with Gasteiger partial charge in [0.15, 0.2) is 0 Å². The number of nitriles is 1. The van der Waals surface area contributed by atoms with Crippen molar-refractivity contribution in [3.05, 3.63) is 64.2 Å². The smallest absolute Gasteiger partial charge is 0.127 e. The lowest BCUT2D eigenvalue weighted by molar-refractivity contribution is 0.309. The first-order chi connectivity index (χ1) is 10.2. The molecule has 106 valence electrons. The molecule has 0 saturated carbocycles.